The molecule has 19 heavy (non-hydrogen) atoms. The van der Waals surface area contributed by atoms with Gasteiger partial charge in [-0.05, 0) is 48.9 Å². The van der Waals surface area contributed by atoms with Crippen molar-refractivity contribution < 1.29 is 14.2 Å². The molecule has 0 unspecified atom stereocenters. The van der Waals surface area contributed by atoms with Gasteiger partial charge in [-0.15, -0.1) is 0 Å². The van der Waals surface area contributed by atoms with Crippen LogP contribution in [-0.2, 0) is 6.54 Å². The summed E-state index contributed by atoms with van der Waals surface area (Å²) in [5, 5.41) is 12.8. The third-order valence-corrected chi connectivity index (χ3v) is 2.66. The highest BCUT2D eigenvalue weighted by molar-refractivity contribution is 5.46. The van der Waals surface area contributed by atoms with Crippen LogP contribution < -0.4 is 10.1 Å². The van der Waals surface area contributed by atoms with Gasteiger partial charge in [0.15, 0.2) is 11.5 Å². The number of benzene rings is 2. The molecule has 4 heteroatoms. The molecule has 0 saturated heterocycles. The van der Waals surface area contributed by atoms with Crippen LogP contribution in [0.3, 0.4) is 0 Å². The van der Waals surface area contributed by atoms with Crippen molar-refractivity contribution in [2.24, 2.45) is 0 Å². The Morgan fingerprint density at radius 3 is 2.58 bits per heavy atom. The van der Waals surface area contributed by atoms with Gasteiger partial charge in [0.1, 0.15) is 5.82 Å². The largest absolute Gasteiger partial charge is 0.504 e. The van der Waals surface area contributed by atoms with Crippen molar-refractivity contribution >= 4 is 5.69 Å². The average Bonchev–Trinajstić information content (AvgIpc) is 2.42. The normalized spacial score (nSPS) is 10.2. The lowest BCUT2D eigenvalue weighted by atomic mass is 10.2. The Kier molecular flexibility index (Phi) is 4.23. The van der Waals surface area contributed by atoms with Crippen LogP contribution in [0.5, 0.6) is 11.5 Å². The molecule has 2 rings (SSSR count). The fourth-order valence-electron chi connectivity index (χ4n) is 1.71. The first-order valence-electron chi connectivity index (χ1n) is 6.13. The van der Waals surface area contributed by atoms with E-state index in [-0.39, 0.29) is 11.6 Å². The maximum atomic E-state index is 12.8. The highest BCUT2D eigenvalue weighted by Gasteiger charge is 2.03. The summed E-state index contributed by atoms with van der Waals surface area (Å²) in [7, 11) is 0. The molecule has 0 aliphatic rings. The van der Waals surface area contributed by atoms with Crippen LogP contribution in [0.2, 0.25) is 0 Å². The quantitative estimate of drug-likeness (QED) is 0.865. The molecule has 0 bridgehead atoms. The number of nitrogens with one attached hydrogen (secondary N) is 1. The molecule has 0 aliphatic carbocycles. The minimum Gasteiger partial charge on any atom is -0.504 e. The zero-order valence-electron chi connectivity index (χ0n) is 10.7. The van der Waals surface area contributed by atoms with Crippen LogP contribution in [0.1, 0.15) is 12.5 Å². The number of aromatic hydroxyl groups is 1. The van der Waals surface area contributed by atoms with E-state index in [2.05, 4.69) is 5.32 Å². The summed E-state index contributed by atoms with van der Waals surface area (Å²) in [4.78, 5) is 0. The summed E-state index contributed by atoms with van der Waals surface area (Å²) < 4.78 is 18.1. The zero-order chi connectivity index (χ0) is 13.7. The third kappa shape index (κ3) is 3.61. The van der Waals surface area contributed by atoms with Crippen LogP contribution in [0.25, 0.3) is 0 Å². The van der Waals surface area contributed by atoms with Crippen molar-refractivity contribution in [3.63, 3.8) is 0 Å². The number of hydrogen-bond donors (Lipinski definition) is 2. The van der Waals surface area contributed by atoms with E-state index in [4.69, 9.17) is 4.74 Å². The number of phenolic OH excluding ortho intramolecular Hbond substituents is 1. The Balaban J connectivity index is 2.03. The lowest BCUT2D eigenvalue weighted by molar-refractivity contribution is 0.318. The summed E-state index contributed by atoms with van der Waals surface area (Å²) in [5.41, 5.74) is 1.82. The second-order valence-corrected chi connectivity index (χ2v) is 4.10. The van der Waals surface area contributed by atoms with Crippen molar-refractivity contribution in [2.45, 2.75) is 13.5 Å². The molecule has 0 aromatic heterocycles. The summed E-state index contributed by atoms with van der Waals surface area (Å²) in [6, 6.07) is 11.4. The van der Waals surface area contributed by atoms with Crippen LogP contribution in [-0.4, -0.2) is 11.7 Å². The highest BCUT2D eigenvalue weighted by atomic mass is 19.1. The van der Waals surface area contributed by atoms with Crippen LogP contribution >= 0.6 is 0 Å². The zero-order valence-corrected chi connectivity index (χ0v) is 10.7. The summed E-state index contributed by atoms with van der Waals surface area (Å²) >= 11 is 0. The van der Waals surface area contributed by atoms with Crippen molar-refractivity contribution in [2.75, 3.05) is 11.9 Å². The van der Waals surface area contributed by atoms with E-state index in [9.17, 15) is 9.50 Å². The van der Waals surface area contributed by atoms with Gasteiger partial charge < -0.3 is 15.2 Å². The first-order chi connectivity index (χ1) is 9.19. The van der Waals surface area contributed by atoms with Crippen molar-refractivity contribution in [3.05, 3.63) is 53.8 Å². The minimum absolute atomic E-state index is 0.132. The smallest absolute Gasteiger partial charge is 0.161 e. The van der Waals surface area contributed by atoms with Gasteiger partial charge in [-0.25, -0.2) is 4.39 Å². The van der Waals surface area contributed by atoms with Gasteiger partial charge in [0.25, 0.3) is 0 Å². The maximum Gasteiger partial charge on any atom is 0.161 e. The van der Waals surface area contributed by atoms with Crippen molar-refractivity contribution in [3.8, 4) is 11.5 Å². The monoisotopic (exact) mass is 261 g/mol. The summed E-state index contributed by atoms with van der Waals surface area (Å²) in [5.74, 6) is 0.349. The maximum absolute atomic E-state index is 12.8. The lowest BCUT2D eigenvalue weighted by Gasteiger charge is -2.10. The average molecular weight is 261 g/mol. The van der Waals surface area contributed by atoms with Crippen molar-refractivity contribution in [1.82, 2.24) is 0 Å². The number of hydrogen-bond acceptors (Lipinski definition) is 3. The van der Waals surface area contributed by atoms with Crippen LogP contribution in [0, 0.1) is 5.82 Å². The lowest BCUT2D eigenvalue weighted by Crippen LogP contribution is -2.00. The van der Waals surface area contributed by atoms with Gasteiger partial charge >= 0.3 is 0 Å². The second kappa shape index (κ2) is 6.09. The van der Waals surface area contributed by atoms with E-state index >= 15 is 0 Å². The fraction of sp³-hybridized carbons (Fsp3) is 0.200. The molecule has 3 nitrogen and oxygen atoms in total. The van der Waals surface area contributed by atoms with E-state index in [0.717, 1.165) is 11.3 Å². The molecule has 100 valence electrons. The topological polar surface area (TPSA) is 41.5 Å². The fourth-order valence-corrected chi connectivity index (χ4v) is 1.71. The standard InChI is InChI=1S/C15H16FNO2/c1-2-19-15-9-11(3-8-14(15)18)10-17-13-6-4-12(16)5-7-13/h3-9,17-18H,2,10H2,1H3. The molecule has 0 atom stereocenters. The molecule has 2 N–H and O–H groups in total. The molecule has 0 radical (unpaired) electrons. The van der Waals surface area contributed by atoms with E-state index in [0.29, 0.717) is 18.9 Å². The molecule has 2 aromatic rings. The Hall–Kier alpha value is -2.23. The molecular formula is C15H16FNO2. The number of phenols is 1. The van der Waals surface area contributed by atoms with Crippen LogP contribution in [0.15, 0.2) is 42.5 Å². The number of halogens is 1. The van der Waals surface area contributed by atoms with Gasteiger partial charge in [0, 0.05) is 12.2 Å². The minimum atomic E-state index is -0.256. The Morgan fingerprint density at radius 2 is 1.89 bits per heavy atom. The molecular weight excluding hydrogens is 245 g/mol. The highest BCUT2D eigenvalue weighted by Crippen LogP contribution is 2.27. The van der Waals surface area contributed by atoms with Gasteiger partial charge in [0.05, 0.1) is 6.61 Å². The van der Waals surface area contributed by atoms with Crippen molar-refractivity contribution in [1.29, 1.82) is 0 Å². The Labute approximate surface area is 111 Å². The first-order valence-corrected chi connectivity index (χ1v) is 6.13. The molecule has 2 aromatic carbocycles. The molecule has 0 fully saturated rings. The molecule has 0 aliphatic heterocycles. The summed E-state index contributed by atoms with van der Waals surface area (Å²) in [6.07, 6.45) is 0. The number of anilines is 1. The molecule has 0 heterocycles. The van der Waals surface area contributed by atoms with E-state index in [1.807, 2.05) is 13.0 Å². The second-order valence-electron chi connectivity index (χ2n) is 4.10. The van der Waals surface area contributed by atoms with Gasteiger partial charge in [-0.1, -0.05) is 6.07 Å². The van der Waals surface area contributed by atoms with E-state index in [1.165, 1.54) is 12.1 Å². The predicted octanol–water partition coefficient (Wildman–Crippen LogP) is 3.54. The Morgan fingerprint density at radius 1 is 1.16 bits per heavy atom. The molecule has 0 spiro atoms. The molecule has 0 amide bonds. The third-order valence-electron chi connectivity index (χ3n) is 2.66. The number of ether oxygens (including phenoxy) is 1. The van der Waals surface area contributed by atoms with E-state index < -0.39 is 0 Å². The predicted molar refractivity (Wildman–Crippen MR) is 73.0 cm³/mol. The summed E-state index contributed by atoms with van der Waals surface area (Å²) in [6.45, 7) is 2.94. The van der Waals surface area contributed by atoms with Gasteiger partial charge in [0.2, 0.25) is 0 Å². The number of rotatable bonds is 5. The van der Waals surface area contributed by atoms with Gasteiger partial charge in [-0.2, -0.15) is 0 Å². The Bertz CT molecular complexity index is 540. The molecule has 0 saturated carbocycles. The van der Waals surface area contributed by atoms with E-state index in [1.54, 1.807) is 24.3 Å². The SMILES string of the molecule is CCOc1cc(CNc2ccc(F)cc2)ccc1O. The van der Waals surface area contributed by atoms with Crippen LogP contribution in [0.4, 0.5) is 10.1 Å². The first kappa shape index (κ1) is 13.2. The van der Waals surface area contributed by atoms with Gasteiger partial charge in [-0.3, -0.25) is 0 Å².